The van der Waals surface area contributed by atoms with E-state index >= 15 is 0 Å². The third kappa shape index (κ3) is 51.8. The minimum atomic E-state index is -1.11. The van der Waals surface area contributed by atoms with Crippen LogP contribution in [-0.4, -0.2) is 142 Å². The van der Waals surface area contributed by atoms with Crippen molar-refractivity contribution in [3.63, 3.8) is 0 Å². The number of aryl methyl sites for hydroxylation is 1. The molecule has 0 fully saturated rings. The molecule has 7 aromatic heterocycles. The first kappa shape index (κ1) is 116. The quantitative estimate of drug-likeness (QED) is 0.00591. The van der Waals surface area contributed by atoms with Crippen molar-refractivity contribution >= 4 is 27.7 Å². The maximum absolute atomic E-state index is 11.8. The highest BCUT2D eigenvalue weighted by atomic mass is 28.3. The molecule has 33 heteroatoms. The lowest BCUT2D eigenvalue weighted by Crippen LogP contribution is -2.22. The molecule has 0 radical (unpaired) electrons. The highest BCUT2D eigenvalue weighted by Gasteiger charge is 2.23. The fourth-order valence-electron chi connectivity index (χ4n) is 11.4. The van der Waals surface area contributed by atoms with Crippen molar-refractivity contribution in [1.82, 2.24) is 0 Å². The summed E-state index contributed by atoms with van der Waals surface area (Å²) in [6.45, 7) is 36.0. The Bertz CT molecular complexity index is 4750. The molecule has 0 aliphatic rings. The predicted octanol–water partition coefficient (Wildman–Crippen LogP) is 19.0. The lowest BCUT2D eigenvalue weighted by atomic mass is 10.0. The highest BCUT2D eigenvalue weighted by Crippen LogP contribution is 2.30. The van der Waals surface area contributed by atoms with Gasteiger partial charge in [-0.3, -0.25) is 9.59 Å². The molecule has 0 aliphatic carbocycles. The number of Topliss-reactive ketones (excluding diaryl/α,β-unsaturated/α-hetero) is 1. The molecule has 31 nitrogen and oxygen atoms in total. The zero-order valence-electron chi connectivity index (χ0n) is 79.2. The fraction of sp³-hybridized carbons (Fsp3) is 0.547. The first-order valence-electron chi connectivity index (χ1n) is 42.9. The van der Waals surface area contributed by atoms with Crippen molar-refractivity contribution in [1.29, 1.82) is 0 Å². The van der Waals surface area contributed by atoms with Crippen molar-refractivity contribution in [3.8, 4) is 40.2 Å². The Morgan fingerprint density at radius 3 is 0.961 bits per heavy atom. The summed E-state index contributed by atoms with van der Waals surface area (Å²) in [5.41, 5.74) is -3.92. The molecule has 7 aromatic rings. The Morgan fingerprint density at radius 2 is 0.680 bits per heavy atom. The SMILES string of the molecule is C/C=C/CCC(C)c1cc(O)c(C(=O)CC)c(=O)o1.C/C=C/CCC(C)c1cc(O)cc(=O)o1.CC(=O)/C=C/CCC(C)c1cc(OCOCC[Si](C)(C)C)cc(=O)o1.CCc1cc(O)cc(=O)o1.COC(CCC(C)c1cc(O)cc(=O)o1)OC.COC(CCC(C)c1cc(O)cc(=O)o1)OC.COC(CCC(C)c1cc(OCOCC[Si](C)(C)C)cc(=O)o1)OC. The second kappa shape index (κ2) is 63.8. The van der Waals surface area contributed by atoms with Crippen LogP contribution in [0.2, 0.25) is 51.4 Å². The van der Waals surface area contributed by atoms with E-state index in [1.165, 1.54) is 49.4 Å². The summed E-state index contributed by atoms with van der Waals surface area (Å²) >= 11 is 0. The van der Waals surface area contributed by atoms with Crippen molar-refractivity contribution in [2.45, 2.75) is 272 Å². The molecule has 128 heavy (non-hydrogen) atoms. The van der Waals surface area contributed by atoms with Crippen LogP contribution in [0.4, 0.5) is 0 Å². The number of allylic oxidation sites excluding steroid dienone is 6. The Kier molecular flexibility index (Phi) is 57.8. The molecular formula is C95H142O31Si2. The van der Waals surface area contributed by atoms with E-state index in [4.69, 9.17) is 83.4 Å². The standard InChI is InChI=1S/C19H30O5Si.C18H32O6Si.C15H20O4.2C12H18O5.C12H16O3.C7H8O3/c1-15(8-6-7-9-16(2)20)18-12-17(13-19(21)24-18)23-14-22-10-11-25(3,4)5;1-14(7-8-18(20-2)21-3)16-11-15(12-17(19)24-16)23-13-22-9-10-25(4,5)6;1-4-6-7-8-10(3)13-9-12(17)14(11(16)5-2)15(18)19-13;2*1-8(4-5-12(15-2)16-3)10-6-9(13)7-11(14)17-10;1-3-4-5-6-9(2)11-7-10(13)8-12(14)15-11;1-2-6-3-5(8)4-7(9)10-6/h7,9,12-13,15H,6,8,10-11,14H2,1-5H3;11-12,14,18H,7-10,13H2,1-6H3;4,6,9-10,17H,5,7-8H2,1-3H3;2*6-8,12-13H,4-5H2,1-3H3;3-4,7-9,13H,5-6H2,1-2H3;3-4,8H,2H2,1H3/b9-7+;;6-4+;;;4-3+;. The van der Waals surface area contributed by atoms with Gasteiger partial charge < -0.3 is 104 Å². The van der Waals surface area contributed by atoms with Crippen LogP contribution in [0.3, 0.4) is 0 Å². The largest absolute Gasteiger partial charge is 0.508 e. The maximum Gasteiger partial charge on any atom is 0.350 e. The molecule has 6 unspecified atom stereocenters. The zero-order chi connectivity index (χ0) is 96.7. The van der Waals surface area contributed by atoms with Gasteiger partial charge in [0.1, 0.15) is 86.1 Å². The Morgan fingerprint density at radius 1 is 0.383 bits per heavy atom. The Balaban J connectivity index is 0.000000757. The molecule has 0 aliphatic heterocycles. The van der Waals surface area contributed by atoms with Crippen LogP contribution >= 0.6 is 0 Å². The van der Waals surface area contributed by atoms with Gasteiger partial charge in [-0.05, 0) is 116 Å². The van der Waals surface area contributed by atoms with Crippen LogP contribution in [0, 0.1) is 0 Å². The van der Waals surface area contributed by atoms with Crippen molar-refractivity contribution < 1.29 is 113 Å². The smallest absolute Gasteiger partial charge is 0.350 e. The average molecular weight is 1840 g/mol. The van der Waals surface area contributed by atoms with Crippen LogP contribution in [-0.2, 0) is 49.1 Å². The Hall–Kier alpha value is -10.1. The number of hydrogen-bond donors (Lipinski definition) is 5. The van der Waals surface area contributed by atoms with Crippen LogP contribution < -0.4 is 48.9 Å². The van der Waals surface area contributed by atoms with Crippen LogP contribution in [0.25, 0.3) is 0 Å². The van der Waals surface area contributed by atoms with Crippen LogP contribution in [0.15, 0.2) is 180 Å². The monoisotopic (exact) mass is 1830 g/mol. The third-order valence-electron chi connectivity index (χ3n) is 19.3. The van der Waals surface area contributed by atoms with Gasteiger partial charge in [0.05, 0.1) is 36.4 Å². The summed E-state index contributed by atoms with van der Waals surface area (Å²) in [7, 11) is 7.30. The van der Waals surface area contributed by atoms with Gasteiger partial charge in [-0.25, -0.2) is 33.6 Å². The van der Waals surface area contributed by atoms with Gasteiger partial charge in [0.25, 0.3) is 0 Å². The number of carbonyl (C=O) groups excluding carboxylic acids is 2. The topological polar surface area (TPSA) is 439 Å². The number of aromatic hydroxyl groups is 5. The van der Waals surface area contributed by atoms with Crippen LogP contribution in [0.1, 0.15) is 246 Å². The maximum atomic E-state index is 11.8. The van der Waals surface area contributed by atoms with Gasteiger partial charge >= 0.3 is 39.4 Å². The first-order valence-corrected chi connectivity index (χ1v) is 50.4. The molecular weight excluding hydrogens is 1690 g/mol. The molecule has 7 heterocycles. The number of hydrogen-bond acceptors (Lipinski definition) is 31. The molecule has 6 atom stereocenters. The number of ether oxygens (including phenoxy) is 10. The molecule has 7 rings (SSSR count). The predicted molar refractivity (Wildman–Crippen MR) is 495 cm³/mol. The van der Waals surface area contributed by atoms with Crippen molar-refractivity contribution in [3.05, 3.63) is 234 Å². The van der Waals surface area contributed by atoms with Crippen molar-refractivity contribution in [2.75, 3.05) is 69.5 Å². The first-order chi connectivity index (χ1) is 60.4. The molecule has 716 valence electrons. The molecule has 0 saturated carbocycles. The van der Waals surface area contributed by atoms with E-state index in [-0.39, 0.29) is 114 Å². The Labute approximate surface area is 753 Å². The summed E-state index contributed by atoms with van der Waals surface area (Å²) in [5, 5.41) is 46.5. The number of methoxy groups -OCH3 is 6. The van der Waals surface area contributed by atoms with E-state index in [9.17, 15) is 63.6 Å². The molecule has 0 spiro atoms. The second-order valence-electron chi connectivity index (χ2n) is 32.8. The molecule has 0 amide bonds. The van der Waals surface area contributed by atoms with E-state index in [1.807, 2.05) is 86.6 Å². The van der Waals surface area contributed by atoms with Gasteiger partial charge in [0.15, 0.2) is 44.0 Å². The summed E-state index contributed by atoms with van der Waals surface area (Å²) < 4.78 is 88.2. The molecule has 0 aromatic carbocycles. The number of ketones is 2. The molecule has 5 N–H and O–H groups in total. The van der Waals surface area contributed by atoms with E-state index in [2.05, 4.69) is 45.4 Å². The lowest BCUT2D eigenvalue weighted by molar-refractivity contribution is -0.112. The van der Waals surface area contributed by atoms with Gasteiger partial charge in [0.2, 0.25) is 0 Å². The van der Waals surface area contributed by atoms with E-state index < -0.39 is 61.3 Å². The van der Waals surface area contributed by atoms with Crippen LogP contribution in [0.5, 0.6) is 40.2 Å². The van der Waals surface area contributed by atoms with E-state index in [1.54, 1.807) is 67.8 Å². The summed E-state index contributed by atoms with van der Waals surface area (Å²) in [6, 6.07) is 19.7. The van der Waals surface area contributed by atoms with E-state index in [0.717, 1.165) is 94.1 Å². The van der Waals surface area contributed by atoms with Gasteiger partial charge in [0, 0.05) is 163 Å². The minimum Gasteiger partial charge on any atom is -0.508 e. The van der Waals surface area contributed by atoms with Gasteiger partial charge in [-0.2, -0.15) is 0 Å². The second-order valence-corrected chi connectivity index (χ2v) is 44.0. The third-order valence-corrected chi connectivity index (χ3v) is 22.7. The molecule has 0 bridgehead atoms. The lowest BCUT2D eigenvalue weighted by Gasteiger charge is -2.17. The highest BCUT2D eigenvalue weighted by molar-refractivity contribution is 6.76. The average Bonchev–Trinajstić information content (AvgIpc) is 0.814. The normalized spacial score (nSPS) is 12.8. The number of carbonyl (C=O) groups is 2. The van der Waals surface area contributed by atoms with Gasteiger partial charge in [-0.1, -0.05) is 125 Å². The summed E-state index contributed by atoms with van der Waals surface area (Å²) in [5.74, 6) is 3.96. The summed E-state index contributed by atoms with van der Waals surface area (Å²) in [6.07, 6.45) is 20.8. The van der Waals surface area contributed by atoms with E-state index in [0.29, 0.717) is 90.7 Å². The molecule has 0 saturated heterocycles. The zero-order valence-corrected chi connectivity index (χ0v) is 81.2. The summed E-state index contributed by atoms with van der Waals surface area (Å²) in [4.78, 5) is 101. The minimum absolute atomic E-state index is 0.0144. The number of rotatable bonds is 46. The fourth-order valence-corrected chi connectivity index (χ4v) is 12.9. The van der Waals surface area contributed by atoms with Gasteiger partial charge in [-0.15, -0.1) is 0 Å². The van der Waals surface area contributed by atoms with Crippen molar-refractivity contribution in [2.24, 2.45) is 0 Å².